The second-order valence-corrected chi connectivity index (χ2v) is 4.43. The lowest BCUT2D eigenvalue weighted by Crippen LogP contribution is -2.23. The van der Waals surface area contributed by atoms with E-state index in [-0.39, 0.29) is 6.42 Å². The SMILES string of the molecule is CC(C)Cn1ncnc1CC(O)CC(F)(F)F. The quantitative estimate of drug-likeness (QED) is 0.868. The van der Waals surface area contributed by atoms with Crippen molar-refractivity contribution >= 4 is 0 Å². The molecule has 7 heteroatoms. The minimum atomic E-state index is -4.36. The van der Waals surface area contributed by atoms with Gasteiger partial charge < -0.3 is 5.11 Å². The fraction of sp³-hybridized carbons (Fsp3) is 0.800. The van der Waals surface area contributed by atoms with Gasteiger partial charge in [0.2, 0.25) is 0 Å². The molecule has 4 nitrogen and oxygen atoms in total. The standard InChI is InChI=1S/C10H16F3N3O/c1-7(2)5-16-9(14-6-15-16)3-8(17)4-10(11,12)13/h6-8,17H,3-5H2,1-2H3. The summed E-state index contributed by atoms with van der Waals surface area (Å²) in [5.74, 6) is 0.700. The molecule has 0 aliphatic carbocycles. The summed E-state index contributed by atoms with van der Waals surface area (Å²) in [6.07, 6.45) is -5.89. The van der Waals surface area contributed by atoms with E-state index in [1.165, 1.54) is 11.0 Å². The zero-order valence-electron chi connectivity index (χ0n) is 9.78. The minimum absolute atomic E-state index is 0.133. The van der Waals surface area contributed by atoms with Gasteiger partial charge in [-0.3, -0.25) is 0 Å². The molecule has 1 N–H and O–H groups in total. The summed E-state index contributed by atoms with van der Waals surface area (Å²) >= 11 is 0. The molecule has 0 radical (unpaired) electrons. The molecule has 1 atom stereocenters. The van der Waals surface area contributed by atoms with Crippen molar-refractivity contribution in [2.24, 2.45) is 5.92 Å². The summed E-state index contributed by atoms with van der Waals surface area (Å²) in [7, 11) is 0. The summed E-state index contributed by atoms with van der Waals surface area (Å²) in [6, 6.07) is 0. The Hall–Kier alpha value is -1.11. The van der Waals surface area contributed by atoms with Gasteiger partial charge in [-0.05, 0) is 5.92 Å². The van der Waals surface area contributed by atoms with E-state index in [1.807, 2.05) is 13.8 Å². The van der Waals surface area contributed by atoms with Crippen molar-refractivity contribution in [2.45, 2.75) is 45.5 Å². The molecule has 0 aliphatic rings. The number of hydrogen-bond donors (Lipinski definition) is 1. The first-order chi connectivity index (χ1) is 7.78. The average molecular weight is 251 g/mol. The predicted molar refractivity (Wildman–Crippen MR) is 55.2 cm³/mol. The molecule has 1 aromatic heterocycles. The number of halogens is 3. The summed E-state index contributed by atoms with van der Waals surface area (Å²) in [6.45, 7) is 4.52. The molecular formula is C10H16F3N3O. The van der Waals surface area contributed by atoms with Gasteiger partial charge in [-0.1, -0.05) is 13.8 Å². The topological polar surface area (TPSA) is 50.9 Å². The van der Waals surface area contributed by atoms with E-state index in [0.29, 0.717) is 18.3 Å². The minimum Gasteiger partial charge on any atom is -0.392 e. The summed E-state index contributed by atoms with van der Waals surface area (Å²) in [5, 5.41) is 13.2. The van der Waals surface area contributed by atoms with Crippen LogP contribution < -0.4 is 0 Å². The molecule has 0 spiro atoms. The Kier molecular flexibility index (Phi) is 4.50. The molecule has 0 aromatic carbocycles. The highest BCUT2D eigenvalue weighted by atomic mass is 19.4. The molecule has 1 heterocycles. The molecule has 0 fully saturated rings. The number of aliphatic hydroxyl groups excluding tert-OH is 1. The Morgan fingerprint density at radius 3 is 2.59 bits per heavy atom. The number of nitrogens with zero attached hydrogens (tertiary/aromatic N) is 3. The predicted octanol–water partition coefficient (Wildman–Crippen LogP) is 1.79. The van der Waals surface area contributed by atoms with Crippen LogP contribution in [0.2, 0.25) is 0 Å². The molecule has 1 rings (SSSR count). The third-order valence-electron chi connectivity index (χ3n) is 2.12. The van der Waals surface area contributed by atoms with Crippen molar-refractivity contribution in [1.29, 1.82) is 0 Å². The van der Waals surface area contributed by atoms with Crippen LogP contribution in [0.15, 0.2) is 6.33 Å². The van der Waals surface area contributed by atoms with E-state index in [0.717, 1.165) is 0 Å². The lowest BCUT2D eigenvalue weighted by Gasteiger charge is -2.14. The summed E-state index contributed by atoms with van der Waals surface area (Å²) in [5.41, 5.74) is 0. The van der Waals surface area contributed by atoms with Crippen LogP contribution in [0.5, 0.6) is 0 Å². The van der Waals surface area contributed by atoms with Crippen molar-refractivity contribution in [2.75, 3.05) is 0 Å². The number of aliphatic hydroxyl groups is 1. The van der Waals surface area contributed by atoms with Crippen molar-refractivity contribution in [3.05, 3.63) is 12.2 Å². The second kappa shape index (κ2) is 5.48. The molecule has 0 saturated heterocycles. The smallest absolute Gasteiger partial charge is 0.391 e. The summed E-state index contributed by atoms with van der Waals surface area (Å²) < 4.78 is 37.7. The van der Waals surface area contributed by atoms with Crippen molar-refractivity contribution in [3.8, 4) is 0 Å². The Labute approximate surface area is 97.5 Å². The first-order valence-corrected chi connectivity index (χ1v) is 5.39. The van der Waals surface area contributed by atoms with Crippen LogP contribution in [0.25, 0.3) is 0 Å². The lowest BCUT2D eigenvalue weighted by atomic mass is 10.1. The van der Waals surface area contributed by atoms with Gasteiger partial charge in [-0.15, -0.1) is 0 Å². The lowest BCUT2D eigenvalue weighted by molar-refractivity contribution is -0.153. The van der Waals surface area contributed by atoms with Gasteiger partial charge in [-0.2, -0.15) is 18.3 Å². The first kappa shape index (κ1) is 14.0. The molecule has 0 amide bonds. The van der Waals surface area contributed by atoms with E-state index < -0.39 is 18.7 Å². The van der Waals surface area contributed by atoms with Gasteiger partial charge in [0, 0.05) is 13.0 Å². The van der Waals surface area contributed by atoms with Crippen molar-refractivity contribution < 1.29 is 18.3 Å². The molecular weight excluding hydrogens is 235 g/mol. The van der Waals surface area contributed by atoms with Gasteiger partial charge in [0.05, 0.1) is 12.5 Å². The third-order valence-corrected chi connectivity index (χ3v) is 2.12. The van der Waals surface area contributed by atoms with Crippen LogP contribution in [0.3, 0.4) is 0 Å². The Morgan fingerprint density at radius 2 is 2.06 bits per heavy atom. The number of rotatable bonds is 5. The molecule has 0 bridgehead atoms. The fourth-order valence-electron chi connectivity index (χ4n) is 1.49. The number of hydrogen-bond acceptors (Lipinski definition) is 3. The Bertz CT molecular complexity index is 349. The van der Waals surface area contributed by atoms with Crippen LogP contribution in [0.1, 0.15) is 26.1 Å². The van der Waals surface area contributed by atoms with E-state index >= 15 is 0 Å². The van der Waals surface area contributed by atoms with E-state index in [4.69, 9.17) is 0 Å². The van der Waals surface area contributed by atoms with Gasteiger partial charge in [0.1, 0.15) is 12.2 Å². The highest BCUT2D eigenvalue weighted by molar-refractivity contribution is 4.88. The average Bonchev–Trinajstić information content (AvgIpc) is 2.47. The van der Waals surface area contributed by atoms with Gasteiger partial charge in [0.15, 0.2) is 0 Å². The molecule has 17 heavy (non-hydrogen) atoms. The maximum absolute atomic E-state index is 12.0. The third kappa shape index (κ3) is 5.16. The Balaban J connectivity index is 2.59. The van der Waals surface area contributed by atoms with Crippen LogP contribution in [0.4, 0.5) is 13.2 Å². The zero-order chi connectivity index (χ0) is 13.1. The van der Waals surface area contributed by atoms with Crippen molar-refractivity contribution in [1.82, 2.24) is 14.8 Å². The van der Waals surface area contributed by atoms with Crippen LogP contribution in [-0.4, -0.2) is 32.2 Å². The van der Waals surface area contributed by atoms with Gasteiger partial charge in [-0.25, -0.2) is 9.67 Å². The fourth-order valence-corrected chi connectivity index (χ4v) is 1.49. The molecule has 1 aromatic rings. The van der Waals surface area contributed by atoms with Crippen LogP contribution in [-0.2, 0) is 13.0 Å². The molecule has 1 unspecified atom stereocenters. The molecule has 0 aliphatic heterocycles. The monoisotopic (exact) mass is 251 g/mol. The second-order valence-electron chi connectivity index (χ2n) is 4.43. The molecule has 98 valence electrons. The normalized spacial score (nSPS) is 14.3. The largest absolute Gasteiger partial charge is 0.392 e. The number of alkyl halides is 3. The zero-order valence-corrected chi connectivity index (χ0v) is 9.78. The maximum Gasteiger partial charge on any atom is 0.391 e. The van der Waals surface area contributed by atoms with Crippen LogP contribution in [0, 0.1) is 5.92 Å². The number of aromatic nitrogens is 3. The first-order valence-electron chi connectivity index (χ1n) is 5.39. The van der Waals surface area contributed by atoms with Gasteiger partial charge >= 0.3 is 6.18 Å². The van der Waals surface area contributed by atoms with Crippen LogP contribution >= 0.6 is 0 Å². The highest BCUT2D eigenvalue weighted by Gasteiger charge is 2.31. The maximum atomic E-state index is 12.0. The van der Waals surface area contributed by atoms with Crippen molar-refractivity contribution in [3.63, 3.8) is 0 Å². The Morgan fingerprint density at radius 1 is 1.41 bits per heavy atom. The highest BCUT2D eigenvalue weighted by Crippen LogP contribution is 2.22. The molecule has 0 saturated carbocycles. The van der Waals surface area contributed by atoms with Gasteiger partial charge in [0.25, 0.3) is 0 Å². The van der Waals surface area contributed by atoms with E-state index in [2.05, 4.69) is 10.1 Å². The van der Waals surface area contributed by atoms with E-state index in [9.17, 15) is 18.3 Å². The summed E-state index contributed by atoms with van der Waals surface area (Å²) in [4.78, 5) is 3.86. The van der Waals surface area contributed by atoms with E-state index in [1.54, 1.807) is 0 Å².